The van der Waals surface area contributed by atoms with Crippen molar-refractivity contribution in [2.75, 3.05) is 36.4 Å². The second-order valence-corrected chi connectivity index (χ2v) is 5.72. The molecule has 25 heavy (non-hydrogen) atoms. The van der Waals surface area contributed by atoms with E-state index >= 15 is 0 Å². The Balaban J connectivity index is 1.55. The highest BCUT2D eigenvalue weighted by Crippen LogP contribution is 2.17. The molecule has 3 rings (SSSR count). The van der Waals surface area contributed by atoms with Crippen LogP contribution in [0.4, 0.5) is 20.2 Å². The fraction of sp³-hybridized carbons (Fsp3) is 0.222. The molecule has 1 saturated heterocycles. The number of hydrogen-bond donors (Lipinski definition) is 1. The fourth-order valence-electron chi connectivity index (χ4n) is 2.71. The van der Waals surface area contributed by atoms with E-state index in [1.54, 1.807) is 12.1 Å². The molecule has 1 fully saturated rings. The molecule has 5 nitrogen and oxygen atoms in total. The van der Waals surface area contributed by atoms with Crippen LogP contribution < -0.4 is 10.2 Å². The molecule has 1 N–H and O–H groups in total. The van der Waals surface area contributed by atoms with Gasteiger partial charge in [-0.25, -0.2) is 8.78 Å². The second kappa shape index (κ2) is 7.29. The molecule has 1 aliphatic heterocycles. The van der Waals surface area contributed by atoms with Gasteiger partial charge in [0, 0.05) is 37.6 Å². The van der Waals surface area contributed by atoms with Gasteiger partial charge in [-0.2, -0.15) is 0 Å². The van der Waals surface area contributed by atoms with Crippen LogP contribution in [-0.4, -0.2) is 42.9 Å². The van der Waals surface area contributed by atoms with Gasteiger partial charge in [0.2, 0.25) is 0 Å². The van der Waals surface area contributed by atoms with Crippen LogP contribution in [0.1, 0.15) is 0 Å². The van der Waals surface area contributed by atoms with Crippen molar-refractivity contribution in [3.05, 3.63) is 60.2 Å². The molecule has 0 atom stereocenters. The number of carbonyl (C=O) groups excluding carboxylic acids is 2. The van der Waals surface area contributed by atoms with Crippen LogP contribution in [0.2, 0.25) is 0 Å². The molecule has 0 aromatic heterocycles. The summed E-state index contributed by atoms with van der Waals surface area (Å²) in [5.74, 6) is -2.23. The van der Waals surface area contributed by atoms with Crippen LogP contribution in [0, 0.1) is 11.6 Å². The lowest BCUT2D eigenvalue weighted by Crippen LogP contribution is -2.51. The first-order chi connectivity index (χ1) is 12.0. The Hall–Kier alpha value is -2.96. The van der Waals surface area contributed by atoms with Crippen molar-refractivity contribution in [2.45, 2.75) is 0 Å². The molecule has 1 heterocycles. The fourth-order valence-corrected chi connectivity index (χ4v) is 2.71. The summed E-state index contributed by atoms with van der Waals surface area (Å²) in [7, 11) is 0. The Morgan fingerprint density at radius 3 is 2.20 bits per heavy atom. The summed E-state index contributed by atoms with van der Waals surface area (Å²) in [5.41, 5.74) is 1.11. The van der Waals surface area contributed by atoms with Crippen molar-refractivity contribution in [3.8, 4) is 0 Å². The van der Waals surface area contributed by atoms with Crippen LogP contribution in [-0.2, 0) is 9.59 Å². The highest BCUT2D eigenvalue weighted by Gasteiger charge is 2.26. The van der Waals surface area contributed by atoms with Crippen molar-refractivity contribution in [1.29, 1.82) is 0 Å². The van der Waals surface area contributed by atoms with Gasteiger partial charge in [0.25, 0.3) is 0 Å². The number of halogens is 2. The van der Waals surface area contributed by atoms with Crippen molar-refractivity contribution in [3.63, 3.8) is 0 Å². The molecule has 2 aromatic rings. The Kier molecular flexibility index (Phi) is 4.92. The largest absolute Gasteiger partial charge is 0.368 e. The summed E-state index contributed by atoms with van der Waals surface area (Å²) in [6.45, 7) is 1.86. The quantitative estimate of drug-likeness (QED) is 0.850. The number of piperazine rings is 1. The van der Waals surface area contributed by atoms with Gasteiger partial charge < -0.3 is 15.1 Å². The smallest absolute Gasteiger partial charge is 0.313 e. The zero-order chi connectivity index (χ0) is 17.8. The van der Waals surface area contributed by atoms with Crippen LogP contribution in [0.15, 0.2) is 48.5 Å². The number of hydrogen-bond acceptors (Lipinski definition) is 3. The summed E-state index contributed by atoms with van der Waals surface area (Å²) in [6, 6.07) is 11.5. The molecule has 2 aromatic carbocycles. The Labute approximate surface area is 143 Å². The van der Waals surface area contributed by atoms with Gasteiger partial charge in [0.1, 0.15) is 11.6 Å². The number of rotatable bonds is 2. The maximum absolute atomic E-state index is 13.1. The SMILES string of the molecule is O=C(Nc1cccc(F)c1)C(=O)N1CCN(c2ccc(F)cc2)CC1. The van der Waals surface area contributed by atoms with E-state index in [1.165, 1.54) is 35.2 Å². The summed E-state index contributed by atoms with van der Waals surface area (Å²) in [6.07, 6.45) is 0. The monoisotopic (exact) mass is 345 g/mol. The molecule has 2 amide bonds. The molecule has 1 aliphatic rings. The van der Waals surface area contributed by atoms with Crippen LogP contribution >= 0.6 is 0 Å². The predicted molar refractivity (Wildman–Crippen MR) is 90.2 cm³/mol. The predicted octanol–water partition coefficient (Wildman–Crippen LogP) is 2.25. The van der Waals surface area contributed by atoms with E-state index in [0.717, 1.165) is 11.8 Å². The van der Waals surface area contributed by atoms with Crippen LogP contribution in [0.3, 0.4) is 0 Å². The maximum atomic E-state index is 13.1. The van der Waals surface area contributed by atoms with Crippen LogP contribution in [0.5, 0.6) is 0 Å². The van der Waals surface area contributed by atoms with Crippen molar-refractivity contribution in [2.24, 2.45) is 0 Å². The lowest BCUT2D eigenvalue weighted by Gasteiger charge is -2.35. The first-order valence-corrected chi connectivity index (χ1v) is 7.89. The summed E-state index contributed by atoms with van der Waals surface area (Å²) in [5, 5.41) is 2.40. The third-order valence-corrected chi connectivity index (χ3v) is 4.04. The van der Waals surface area contributed by atoms with Gasteiger partial charge in [-0.3, -0.25) is 9.59 Å². The molecule has 0 unspecified atom stereocenters. The van der Waals surface area contributed by atoms with Crippen molar-refractivity contribution in [1.82, 2.24) is 4.90 Å². The third-order valence-electron chi connectivity index (χ3n) is 4.04. The Bertz CT molecular complexity index is 772. The standard InChI is InChI=1S/C18H17F2N3O2/c19-13-4-6-16(7-5-13)22-8-10-23(11-9-22)18(25)17(24)21-15-3-1-2-14(20)12-15/h1-7,12H,8-11H2,(H,21,24). The number of amides is 2. The lowest BCUT2D eigenvalue weighted by atomic mass is 10.2. The van der Waals surface area contributed by atoms with Crippen molar-refractivity contribution >= 4 is 23.2 Å². The topological polar surface area (TPSA) is 52.7 Å². The molecule has 0 aliphatic carbocycles. The highest BCUT2D eigenvalue weighted by molar-refractivity contribution is 6.39. The van der Waals surface area contributed by atoms with Gasteiger partial charge >= 0.3 is 11.8 Å². The lowest BCUT2D eigenvalue weighted by molar-refractivity contribution is -0.143. The second-order valence-electron chi connectivity index (χ2n) is 5.72. The first kappa shape index (κ1) is 16.9. The minimum absolute atomic E-state index is 0.239. The van der Waals surface area contributed by atoms with Gasteiger partial charge in [-0.05, 0) is 42.5 Å². The zero-order valence-electron chi connectivity index (χ0n) is 13.4. The molecular formula is C18H17F2N3O2. The van der Waals surface area contributed by atoms with E-state index in [4.69, 9.17) is 0 Å². The third kappa shape index (κ3) is 4.12. The van der Waals surface area contributed by atoms with Crippen LogP contribution in [0.25, 0.3) is 0 Å². The summed E-state index contributed by atoms with van der Waals surface area (Å²) in [4.78, 5) is 27.7. The highest BCUT2D eigenvalue weighted by atomic mass is 19.1. The van der Waals surface area contributed by atoms with Gasteiger partial charge in [-0.1, -0.05) is 6.07 Å². The van der Waals surface area contributed by atoms with Crippen molar-refractivity contribution < 1.29 is 18.4 Å². The molecule has 130 valence electrons. The molecule has 0 saturated carbocycles. The number of carbonyl (C=O) groups is 2. The number of anilines is 2. The minimum Gasteiger partial charge on any atom is -0.368 e. The van der Waals surface area contributed by atoms with Gasteiger partial charge in [0.05, 0.1) is 0 Å². The van der Waals surface area contributed by atoms with E-state index in [-0.39, 0.29) is 11.5 Å². The first-order valence-electron chi connectivity index (χ1n) is 7.89. The van der Waals surface area contributed by atoms with E-state index in [9.17, 15) is 18.4 Å². The normalized spacial score (nSPS) is 14.3. The number of nitrogens with zero attached hydrogens (tertiary/aromatic N) is 2. The van der Waals surface area contributed by atoms with E-state index in [2.05, 4.69) is 5.32 Å². The molecule has 7 heteroatoms. The van der Waals surface area contributed by atoms with E-state index in [1.807, 2.05) is 4.90 Å². The van der Waals surface area contributed by atoms with E-state index in [0.29, 0.717) is 26.2 Å². The maximum Gasteiger partial charge on any atom is 0.313 e. The van der Waals surface area contributed by atoms with Gasteiger partial charge in [0.15, 0.2) is 0 Å². The molecular weight excluding hydrogens is 328 g/mol. The number of nitrogens with one attached hydrogen (secondary N) is 1. The Morgan fingerprint density at radius 2 is 1.56 bits per heavy atom. The average molecular weight is 345 g/mol. The Morgan fingerprint density at radius 1 is 0.880 bits per heavy atom. The van der Waals surface area contributed by atoms with E-state index < -0.39 is 17.6 Å². The zero-order valence-corrected chi connectivity index (χ0v) is 13.4. The van der Waals surface area contributed by atoms with Gasteiger partial charge in [-0.15, -0.1) is 0 Å². The summed E-state index contributed by atoms with van der Waals surface area (Å²) < 4.78 is 26.1. The molecule has 0 bridgehead atoms. The minimum atomic E-state index is -0.791. The summed E-state index contributed by atoms with van der Waals surface area (Å²) >= 11 is 0. The number of benzene rings is 2. The average Bonchev–Trinajstić information content (AvgIpc) is 2.62. The molecule has 0 spiro atoms. The molecule has 0 radical (unpaired) electrons.